The molecule has 0 aliphatic heterocycles. The third kappa shape index (κ3) is 7.34. The van der Waals surface area contributed by atoms with E-state index >= 15 is 0 Å². The number of nitrogens with zero attached hydrogens (tertiary/aromatic N) is 1. The van der Waals surface area contributed by atoms with Gasteiger partial charge in [0.05, 0.1) is 0 Å². The van der Waals surface area contributed by atoms with Crippen LogP contribution in [0.5, 0.6) is 0 Å². The predicted octanol–water partition coefficient (Wildman–Crippen LogP) is 3.69. The topological polar surface area (TPSA) is 34.7 Å². The highest BCUT2D eigenvalue weighted by Crippen LogP contribution is 2.10. The first-order chi connectivity index (χ1) is 8.61. The Bertz CT molecular complexity index is 300. The number of aryl methyl sites for hydroxylation is 1. The van der Waals surface area contributed by atoms with Gasteiger partial charge in [-0.3, -0.25) is 4.90 Å². The van der Waals surface area contributed by atoms with Crippen LogP contribution in [0.4, 0.5) is 0 Å². The third-order valence-electron chi connectivity index (χ3n) is 3.55. The van der Waals surface area contributed by atoms with E-state index in [-0.39, 0.29) is 5.48 Å². The lowest BCUT2D eigenvalue weighted by atomic mass is 10.1. The van der Waals surface area contributed by atoms with Gasteiger partial charge in [-0.15, -0.1) is 0 Å². The maximum Gasteiger partial charge on any atom is 0.00412 e. The lowest BCUT2D eigenvalue weighted by Crippen LogP contribution is -2.37. The zero-order valence-corrected chi connectivity index (χ0v) is 13.0. The van der Waals surface area contributed by atoms with Gasteiger partial charge in [0.2, 0.25) is 0 Å². The van der Waals surface area contributed by atoms with Crippen LogP contribution in [-0.2, 0) is 6.42 Å². The summed E-state index contributed by atoms with van der Waals surface area (Å²) in [5.41, 5.74) is 1.47. The van der Waals surface area contributed by atoms with Crippen molar-refractivity contribution in [2.75, 3.05) is 6.54 Å². The summed E-state index contributed by atoms with van der Waals surface area (Å²) in [7, 11) is 0. The molecule has 0 spiro atoms. The Hall–Kier alpha value is -0.860. The summed E-state index contributed by atoms with van der Waals surface area (Å²) in [6.07, 6.45) is 5.20. The first-order valence-corrected chi connectivity index (χ1v) is 7.41. The van der Waals surface area contributed by atoms with Gasteiger partial charge >= 0.3 is 0 Å². The van der Waals surface area contributed by atoms with E-state index < -0.39 is 0 Å². The minimum Gasteiger partial charge on any atom is -0.412 e. The molecular weight excluding hydrogens is 234 g/mol. The average molecular weight is 265 g/mol. The fraction of sp³-hybridized carbons (Fsp3) is 0.647. The molecule has 2 N–H and O–H groups in total. The van der Waals surface area contributed by atoms with Gasteiger partial charge in [-0.25, -0.2) is 0 Å². The average Bonchev–Trinajstić information content (AvgIpc) is 2.34. The molecule has 110 valence electrons. The zero-order chi connectivity index (χ0) is 13.4. The van der Waals surface area contributed by atoms with Crippen molar-refractivity contribution in [3.05, 3.63) is 35.9 Å². The van der Waals surface area contributed by atoms with E-state index in [4.69, 9.17) is 0 Å². The Labute approximate surface area is 119 Å². The van der Waals surface area contributed by atoms with Crippen LogP contribution in [0.2, 0.25) is 0 Å². The van der Waals surface area contributed by atoms with Gasteiger partial charge in [-0.1, -0.05) is 36.8 Å². The SMILES string of the molecule is CC(C)N(CCCCCc1ccccc1)C(C)C.O. The molecule has 0 saturated carbocycles. The van der Waals surface area contributed by atoms with E-state index in [9.17, 15) is 0 Å². The quantitative estimate of drug-likeness (QED) is 0.660. The maximum absolute atomic E-state index is 2.59. The number of hydrogen-bond acceptors (Lipinski definition) is 1. The summed E-state index contributed by atoms with van der Waals surface area (Å²) >= 11 is 0. The molecule has 0 atom stereocenters. The Morgan fingerprint density at radius 2 is 1.42 bits per heavy atom. The van der Waals surface area contributed by atoms with Gasteiger partial charge in [0.15, 0.2) is 0 Å². The fourth-order valence-electron chi connectivity index (χ4n) is 2.56. The lowest BCUT2D eigenvalue weighted by Gasteiger charge is -2.30. The van der Waals surface area contributed by atoms with Gasteiger partial charge in [0, 0.05) is 12.1 Å². The molecule has 0 saturated heterocycles. The highest BCUT2D eigenvalue weighted by Gasteiger charge is 2.11. The van der Waals surface area contributed by atoms with E-state index in [1.165, 1.54) is 37.8 Å². The third-order valence-corrected chi connectivity index (χ3v) is 3.55. The Balaban J connectivity index is 0.00000324. The number of benzene rings is 1. The molecule has 0 bridgehead atoms. The first kappa shape index (κ1) is 18.1. The summed E-state index contributed by atoms with van der Waals surface area (Å²) in [4.78, 5) is 2.59. The summed E-state index contributed by atoms with van der Waals surface area (Å²) in [5, 5.41) is 0. The molecule has 2 nitrogen and oxygen atoms in total. The predicted molar refractivity (Wildman–Crippen MR) is 84.6 cm³/mol. The highest BCUT2D eigenvalue weighted by atomic mass is 16.0. The Morgan fingerprint density at radius 3 is 1.95 bits per heavy atom. The summed E-state index contributed by atoms with van der Waals surface area (Å²) in [5.74, 6) is 0. The number of hydrogen-bond donors (Lipinski definition) is 0. The van der Waals surface area contributed by atoms with Crippen LogP contribution in [-0.4, -0.2) is 29.0 Å². The Kier molecular flexibility index (Phi) is 9.54. The molecule has 0 unspecified atom stereocenters. The smallest absolute Gasteiger partial charge is 0.00412 e. The van der Waals surface area contributed by atoms with Crippen molar-refractivity contribution in [3.8, 4) is 0 Å². The minimum absolute atomic E-state index is 0. The second kappa shape index (κ2) is 9.99. The minimum atomic E-state index is 0. The molecule has 1 aromatic carbocycles. The van der Waals surface area contributed by atoms with Crippen molar-refractivity contribution in [2.45, 2.75) is 65.5 Å². The molecular formula is C17H31NO. The van der Waals surface area contributed by atoms with Crippen LogP contribution in [0.15, 0.2) is 30.3 Å². The second-order valence-corrected chi connectivity index (χ2v) is 5.72. The van der Waals surface area contributed by atoms with E-state index in [0.29, 0.717) is 12.1 Å². The summed E-state index contributed by atoms with van der Waals surface area (Å²) in [6, 6.07) is 12.2. The first-order valence-electron chi connectivity index (χ1n) is 7.41. The molecule has 0 aliphatic carbocycles. The van der Waals surface area contributed by atoms with Crippen molar-refractivity contribution in [1.29, 1.82) is 0 Å². The second-order valence-electron chi connectivity index (χ2n) is 5.72. The van der Waals surface area contributed by atoms with Crippen molar-refractivity contribution >= 4 is 0 Å². The van der Waals surface area contributed by atoms with Crippen LogP contribution in [0.1, 0.15) is 52.5 Å². The molecule has 1 aromatic rings. The van der Waals surface area contributed by atoms with Crippen LogP contribution in [0.3, 0.4) is 0 Å². The summed E-state index contributed by atoms with van der Waals surface area (Å²) in [6.45, 7) is 10.4. The normalized spacial score (nSPS) is 11.1. The van der Waals surface area contributed by atoms with E-state index in [0.717, 1.165) is 0 Å². The van der Waals surface area contributed by atoms with Gasteiger partial charge in [0.1, 0.15) is 0 Å². The monoisotopic (exact) mass is 265 g/mol. The number of rotatable bonds is 8. The largest absolute Gasteiger partial charge is 0.412 e. The van der Waals surface area contributed by atoms with Crippen LogP contribution < -0.4 is 0 Å². The van der Waals surface area contributed by atoms with Gasteiger partial charge in [-0.2, -0.15) is 0 Å². The van der Waals surface area contributed by atoms with Crippen molar-refractivity contribution in [3.63, 3.8) is 0 Å². The molecule has 2 heteroatoms. The highest BCUT2D eigenvalue weighted by molar-refractivity contribution is 5.14. The molecule has 0 radical (unpaired) electrons. The summed E-state index contributed by atoms with van der Waals surface area (Å²) < 4.78 is 0. The van der Waals surface area contributed by atoms with Crippen LogP contribution >= 0.6 is 0 Å². The molecule has 0 aliphatic rings. The molecule has 0 amide bonds. The lowest BCUT2D eigenvalue weighted by molar-refractivity contribution is 0.171. The zero-order valence-electron chi connectivity index (χ0n) is 13.0. The van der Waals surface area contributed by atoms with E-state index in [1.54, 1.807) is 0 Å². The van der Waals surface area contributed by atoms with Crippen LogP contribution in [0.25, 0.3) is 0 Å². The van der Waals surface area contributed by atoms with Crippen molar-refractivity contribution in [2.24, 2.45) is 0 Å². The molecule has 1 rings (SSSR count). The van der Waals surface area contributed by atoms with E-state index in [1.807, 2.05) is 0 Å². The van der Waals surface area contributed by atoms with Gasteiger partial charge in [0.25, 0.3) is 0 Å². The van der Waals surface area contributed by atoms with Gasteiger partial charge in [-0.05, 0) is 59.1 Å². The Morgan fingerprint density at radius 1 is 0.842 bits per heavy atom. The van der Waals surface area contributed by atoms with Gasteiger partial charge < -0.3 is 5.48 Å². The van der Waals surface area contributed by atoms with E-state index in [2.05, 4.69) is 62.9 Å². The maximum atomic E-state index is 2.59. The molecule has 19 heavy (non-hydrogen) atoms. The molecule has 0 heterocycles. The van der Waals surface area contributed by atoms with Crippen molar-refractivity contribution in [1.82, 2.24) is 4.90 Å². The fourth-order valence-corrected chi connectivity index (χ4v) is 2.56. The molecule has 0 aromatic heterocycles. The van der Waals surface area contributed by atoms with Crippen LogP contribution in [0, 0.1) is 0 Å². The number of unbranched alkanes of at least 4 members (excludes halogenated alkanes) is 2. The standard InChI is InChI=1S/C17H29N.H2O/c1-15(2)18(16(3)4)14-10-6-9-13-17-11-7-5-8-12-17;/h5,7-8,11-12,15-16H,6,9-10,13-14H2,1-4H3;1H2. The molecule has 0 fully saturated rings. The van der Waals surface area contributed by atoms with Crippen molar-refractivity contribution < 1.29 is 5.48 Å².